The van der Waals surface area contributed by atoms with Gasteiger partial charge < -0.3 is 15.4 Å². The smallest absolute Gasteiger partial charge is 0.368 e. The molecule has 0 radical (unpaired) electrons. The Morgan fingerprint density at radius 2 is 2.17 bits per heavy atom. The molecule has 2 aliphatic heterocycles. The van der Waals surface area contributed by atoms with Crippen LogP contribution in [0, 0.1) is 0 Å². The number of halogens is 3. The molecule has 7 heteroatoms. The molecular formula is C11H17F3N2O2. The average molecular weight is 266 g/mol. The molecule has 18 heavy (non-hydrogen) atoms. The molecule has 2 fully saturated rings. The predicted molar refractivity (Wildman–Crippen MR) is 57.8 cm³/mol. The summed E-state index contributed by atoms with van der Waals surface area (Å²) in [5, 5.41) is 0. The zero-order chi connectivity index (χ0) is 13.4. The van der Waals surface area contributed by atoms with E-state index in [9.17, 15) is 18.0 Å². The monoisotopic (exact) mass is 266 g/mol. The maximum atomic E-state index is 13.2. The number of nitrogens with zero attached hydrogens (tertiary/aromatic N) is 1. The van der Waals surface area contributed by atoms with Crippen molar-refractivity contribution in [3.63, 3.8) is 0 Å². The van der Waals surface area contributed by atoms with Gasteiger partial charge in [-0.1, -0.05) is 0 Å². The van der Waals surface area contributed by atoms with Gasteiger partial charge in [-0.15, -0.1) is 0 Å². The maximum Gasteiger partial charge on any atom is 0.412 e. The second kappa shape index (κ2) is 4.70. The molecule has 2 atom stereocenters. The van der Waals surface area contributed by atoms with E-state index in [1.165, 1.54) is 0 Å². The van der Waals surface area contributed by atoms with E-state index in [1.807, 2.05) is 0 Å². The maximum absolute atomic E-state index is 13.2. The lowest BCUT2D eigenvalue weighted by Gasteiger charge is -2.39. The minimum absolute atomic E-state index is 0.107. The molecule has 4 nitrogen and oxygen atoms in total. The van der Waals surface area contributed by atoms with Crippen LogP contribution in [-0.4, -0.2) is 48.3 Å². The first-order chi connectivity index (χ1) is 8.42. The summed E-state index contributed by atoms with van der Waals surface area (Å²) in [7, 11) is 0. The molecule has 2 unspecified atom stereocenters. The molecule has 0 bridgehead atoms. The van der Waals surface area contributed by atoms with Gasteiger partial charge in [-0.25, -0.2) is 0 Å². The van der Waals surface area contributed by atoms with Crippen molar-refractivity contribution in [1.29, 1.82) is 0 Å². The van der Waals surface area contributed by atoms with Crippen LogP contribution in [-0.2, 0) is 9.53 Å². The van der Waals surface area contributed by atoms with Gasteiger partial charge in [0.05, 0.1) is 0 Å². The highest BCUT2D eigenvalue weighted by atomic mass is 19.4. The van der Waals surface area contributed by atoms with Crippen LogP contribution in [0.1, 0.15) is 25.7 Å². The fourth-order valence-electron chi connectivity index (χ4n) is 2.77. The van der Waals surface area contributed by atoms with Crippen LogP contribution in [0.5, 0.6) is 0 Å². The molecular weight excluding hydrogens is 249 g/mol. The second-order valence-electron chi connectivity index (χ2n) is 4.83. The van der Waals surface area contributed by atoms with Crippen LogP contribution in [0.3, 0.4) is 0 Å². The molecule has 2 N–H and O–H groups in total. The molecule has 2 saturated heterocycles. The van der Waals surface area contributed by atoms with Gasteiger partial charge in [0, 0.05) is 19.7 Å². The van der Waals surface area contributed by atoms with Gasteiger partial charge >= 0.3 is 6.18 Å². The van der Waals surface area contributed by atoms with E-state index in [1.54, 1.807) is 0 Å². The topological polar surface area (TPSA) is 55.6 Å². The highest BCUT2D eigenvalue weighted by Crippen LogP contribution is 2.43. The highest BCUT2D eigenvalue weighted by Gasteiger charge is 2.61. The molecule has 0 aliphatic carbocycles. The summed E-state index contributed by atoms with van der Waals surface area (Å²) in [6.07, 6.45) is -3.80. The first-order valence-corrected chi connectivity index (χ1v) is 6.12. The van der Waals surface area contributed by atoms with E-state index in [-0.39, 0.29) is 13.0 Å². The zero-order valence-corrected chi connectivity index (χ0v) is 10.0. The van der Waals surface area contributed by atoms with Crippen molar-refractivity contribution in [2.45, 2.75) is 43.5 Å². The van der Waals surface area contributed by atoms with Crippen molar-refractivity contribution < 1.29 is 22.7 Å². The SMILES string of the molecule is NCC1(C(F)(F)F)CCCN1C(=O)C1CCCO1. The number of likely N-dealkylation sites (tertiary alicyclic amines) is 1. The van der Waals surface area contributed by atoms with Gasteiger partial charge in [0.2, 0.25) is 0 Å². The quantitative estimate of drug-likeness (QED) is 0.812. The van der Waals surface area contributed by atoms with Crippen LogP contribution in [0.2, 0.25) is 0 Å². The number of nitrogens with two attached hydrogens (primary N) is 1. The van der Waals surface area contributed by atoms with Crippen LogP contribution in [0.25, 0.3) is 0 Å². The van der Waals surface area contributed by atoms with Crippen LogP contribution >= 0.6 is 0 Å². The number of carbonyl (C=O) groups is 1. The number of rotatable bonds is 2. The number of hydrogen-bond donors (Lipinski definition) is 1. The first kappa shape index (κ1) is 13.6. The number of amides is 1. The number of alkyl halides is 3. The summed E-state index contributed by atoms with van der Waals surface area (Å²) in [6.45, 7) is -0.0454. The lowest BCUT2D eigenvalue weighted by molar-refractivity contribution is -0.223. The van der Waals surface area contributed by atoms with Gasteiger partial charge in [0.1, 0.15) is 6.10 Å². The summed E-state index contributed by atoms with van der Waals surface area (Å²) in [5.74, 6) is -0.562. The molecule has 2 aliphatic rings. The molecule has 0 aromatic carbocycles. The largest absolute Gasteiger partial charge is 0.412 e. The third-order valence-corrected chi connectivity index (χ3v) is 3.83. The minimum atomic E-state index is -4.49. The van der Waals surface area contributed by atoms with Crippen molar-refractivity contribution in [3.8, 4) is 0 Å². The van der Waals surface area contributed by atoms with E-state index in [2.05, 4.69) is 0 Å². The Morgan fingerprint density at radius 3 is 2.67 bits per heavy atom. The minimum Gasteiger partial charge on any atom is -0.368 e. The van der Waals surface area contributed by atoms with Crippen molar-refractivity contribution in [3.05, 3.63) is 0 Å². The van der Waals surface area contributed by atoms with Crippen molar-refractivity contribution in [2.24, 2.45) is 5.73 Å². The molecule has 2 heterocycles. The standard InChI is InChI=1S/C11H17F3N2O2/c12-11(13,14)10(7-15)4-2-5-16(10)9(17)8-3-1-6-18-8/h8H,1-7,15H2. The normalized spacial score (nSPS) is 33.1. The van der Waals surface area contributed by atoms with E-state index in [0.29, 0.717) is 25.9 Å². The summed E-state index contributed by atoms with van der Waals surface area (Å²) in [4.78, 5) is 13.0. The lowest BCUT2D eigenvalue weighted by atomic mass is 9.95. The Bertz CT molecular complexity index is 329. The van der Waals surface area contributed by atoms with Gasteiger partial charge in [0.15, 0.2) is 5.54 Å². The van der Waals surface area contributed by atoms with E-state index >= 15 is 0 Å². The predicted octanol–water partition coefficient (Wildman–Crippen LogP) is 1.05. The molecule has 104 valence electrons. The second-order valence-corrected chi connectivity index (χ2v) is 4.83. The van der Waals surface area contributed by atoms with Gasteiger partial charge in [-0.05, 0) is 25.7 Å². The molecule has 1 amide bonds. The fraction of sp³-hybridized carbons (Fsp3) is 0.909. The Balaban J connectivity index is 2.22. The summed E-state index contributed by atoms with van der Waals surface area (Å²) in [5.41, 5.74) is 3.13. The molecule has 0 aromatic heterocycles. The summed E-state index contributed by atoms with van der Waals surface area (Å²) in [6, 6.07) is 0. The van der Waals surface area contributed by atoms with Crippen LogP contribution < -0.4 is 5.73 Å². The van der Waals surface area contributed by atoms with E-state index < -0.39 is 30.3 Å². The lowest BCUT2D eigenvalue weighted by Crippen LogP contribution is -2.63. The Morgan fingerprint density at radius 1 is 1.44 bits per heavy atom. The molecule has 0 saturated carbocycles. The van der Waals surface area contributed by atoms with Crippen molar-refractivity contribution >= 4 is 5.91 Å². The van der Waals surface area contributed by atoms with Gasteiger partial charge in [-0.2, -0.15) is 13.2 Å². The Hall–Kier alpha value is -0.820. The summed E-state index contributed by atoms with van der Waals surface area (Å²) >= 11 is 0. The van der Waals surface area contributed by atoms with Crippen LogP contribution in [0.15, 0.2) is 0 Å². The molecule has 0 spiro atoms. The van der Waals surface area contributed by atoms with Crippen molar-refractivity contribution in [2.75, 3.05) is 19.7 Å². The number of hydrogen-bond acceptors (Lipinski definition) is 3. The van der Waals surface area contributed by atoms with E-state index in [4.69, 9.17) is 10.5 Å². The summed E-state index contributed by atoms with van der Waals surface area (Å²) < 4.78 is 44.8. The van der Waals surface area contributed by atoms with Crippen LogP contribution in [0.4, 0.5) is 13.2 Å². The van der Waals surface area contributed by atoms with Crippen molar-refractivity contribution in [1.82, 2.24) is 4.90 Å². The average Bonchev–Trinajstić information content (AvgIpc) is 2.96. The number of ether oxygens (including phenoxy) is 1. The van der Waals surface area contributed by atoms with Gasteiger partial charge in [0.25, 0.3) is 5.91 Å². The Labute approximate surface area is 103 Å². The third kappa shape index (κ3) is 1.99. The first-order valence-electron chi connectivity index (χ1n) is 6.12. The zero-order valence-electron chi connectivity index (χ0n) is 10.0. The third-order valence-electron chi connectivity index (χ3n) is 3.83. The Kier molecular flexibility index (Phi) is 3.55. The number of carbonyl (C=O) groups excluding carboxylic acids is 1. The van der Waals surface area contributed by atoms with Gasteiger partial charge in [-0.3, -0.25) is 4.79 Å². The van der Waals surface area contributed by atoms with E-state index in [0.717, 1.165) is 4.90 Å². The highest BCUT2D eigenvalue weighted by molar-refractivity contribution is 5.82. The fourth-order valence-corrected chi connectivity index (χ4v) is 2.77. The molecule has 0 aromatic rings. The molecule has 2 rings (SSSR count).